The second kappa shape index (κ2) is 5.24. The lowest BCUT2D eigenvalue weighted by Crippen LogP contribution is -2.40. The second-order valence-electron chi connectivity index (χ2n) is 4.28. The molecule has 1 aliphatic heterocycles. The van der Waals surface area contributed by atoms with E-state index in [2.05, 4.69) is 24.8 Å². The Balaban J connectivity index is 2.22. The van der Waals surface area contributed by atoms with Gasteiger partial charge in [0.05, 0.1) is 6.07 Å². The van der Waals surface area contributed by atoms with Gasteiger partial charge >= 0.3 is 0 Å². The number of hydrogen-bond donors (Lipinski definition) is 0. The topological polar surface area (TPSA) is 27.0 Å². The lowest BCUT2D eigenvalue weighted by atomic mass is 9.93. The minimum atomic E-state index is 0.707. The summed E-state index contributed by atoms with van der Waals surface area (Å²) in [6.45, 7) is 6.99. The van der Waals surface area contributed by atoms with Gasteiger partial charge in [-0.1, -0.05) is 6.92 Å². The minimum absolute atomic E-state index is 0.707. The molecule has 0 spiro atoms. The molecule has 2 heteroatoms. The van der Waals surface area contributed by atoms with Crippen molar-refractivity contribution < 1.29 is 0 Å². The number of nitrogens with zero attached hydrogens (tertiary/aromatic N) is 2. The molecule has 0 aromatic heterocycles. The second-order valence-corrected chi connectivity index (χ2v) is 4.28. The van der Waals surface area contributed by atoms with Gasteiger partial charge in [-0.2, -0.15) is 5.26 Å². The van der Waals surface area contributed by atoms with Crippen LogP contribution in [0.5, 0.6) is 0 Å². The van der Waals surface area contributed by atoms with Crippen molar-refractivity contribution in [2.24, 2.45) is 5.92 Å². The highest BCUT2D eigenvalue weighted by Crippen LogP contribution is 2.21. The Morgan fingerprint density at radius 3 is 2.85 bits per heavy atom. The quantitative estimate of drug-likeness (QED) is 0.624. The van der Waals surface area contributed by atoms with Crippen molar-refractivity contribution in [2.75, 3.05) is 13.1 Å². The van der Waals surface area contributed by atoms with Crippen molar-refractivity contribution in [3.05, 3.63) is 0 Å². The molecule has 13 heavy (non-hydrogen) atoms. The summed E-state index contributed by atoms with van der Waals surface area (Å²) in [5.74, 6) is 0.891. The molecular weight excluding hydrogens is 160 g/mol. The lowest BCUT2D eigenvalue weighted by molar-refractivity contribution is 0.128. The summed E-state index contributed by atoms with van der Waals surface area (Å²) in [5, 5.41) is 8.44. The molecule has 0 aromatic carbocycles. The molecule has 2 nitrogen and oxygen atoms in total. The molecule has 1 rings (SSSR count). The fraction of sp³-hybridized carbons (Fsp3) is 0.909. The van der Waals surface area contributed by atoms with Crippen LogP contribution < -0.4 is 0 Å². The number of nitriles is 1. The molecule has 0 unspecified atom stereocenters. The molecule has 1 heterocycles. The van der Waals surface area contributed by atoms with E-state index in [0.29, 0.717) is 6.42 Å². The molecule has 2 atom stereocenters. The fourth-order valence-electron chi connectivity index (χ4n) is 2.15. The highest BCUT2D eigenvalue weighted by atomic mass is 15.2. The van der Waals surface area contributed by atoms with E-state index in [0.717, 1.165) is 24.9 Å². The zero-order valence-electron chi connectivity index (χ0n) is 8.79. The molecule has 0 radical (unpaired) electrons. The fourth-order valence-corrected chi connectivity index (χ4v) is 2.15. The Morgan fingerprint density at radius 1 is 1.46 bits per heavy atom. The molecule has 0 saturated carbocycles. The van der Waals surface area contributed by atoms with Gasteiger partial charge in [-0.05, 0) is 45.2 Å². The molecule has 0 bridgehead atoms. The van der Waals surface area contributed by atoms with Crippen molar-refractivity contribution >= 4 is 0 Å². The monoisotopic (exact) mass is 180 g/mol. The number of unbranched alkanes of at least 4 members (excludes halogenated alkanes) is 1. The number of rotatable bonds is 3. The van der Waals surface area contributed by atoms with E-state index < -0.39 is 0 Å². The number of piperidine rings is 1. The third kappa shape index (κ3) is 3.36. The van der Waals surface area contributed by atoms with E-state index >= 15 is 0 Å². The van der Waals surface area contributed by atoms with Gasteiger partial charge in [-0.15, -0.1) is 0 Å². The van der Waals surface area contributed by atoms with Crippen LogP contribution in [0, 0.1) is 17.2 Å². The first-order valence-electron chi connectivity index (χ1n) is 5.35. The molecular formula is C11H20N2. The van der Waals surface area contributed by atoms with Crippen LogP contribution in [0.1, 0.15) is 39.5 Å². The third-order valence-corrected chi connectivity index (χ3v) is 3.01. The zero-order valence-corrected chi connectivity index (χ0v) is 8.79. The summed E-state index contributed by atoms with van der Waals surface area (Å²) < 4.78 is 0. The summed E-state index contributed by atoms with van der Waals surface area (Å²) in [4.78, 5) is 2.53. The average molecular weight is 180 g/mol. The Hall–Kier alpha value is -0.550. The van der Waals surface area contributed by atoms with E-state index in [1.165, 1.54) is 19.4 Å². The molecule has 74 valence electrons. The van der Waals surface area contributed by atoms with Crippen LogP contribution in [0.2, 0.25) is 0 Å². The molecule has 1 fully saturated rings. The first-order chi connectivity index (χ1) is 6.24. The van der Waals surface area contributed by atoms with Gasteiger partial charge < -0.3 is 4.90 Å². The van der Waals surface area contributed by atoms with Crippen LogP contribution in [0.4, 0.5) is 0 Å². The lowest BCUT2D eigenvalue weighted by Gasteiger charge is -2.36. The maximum Gasteiger partial charge on any atom is 0.0622 e. The van der Waals surface area contributed by atoms with Crippen molar-refractivity contribution in [3.63, 3.8) is 0 Å². The Bertz CT molecular complexity index is 183. The van der Waals surface area contributed by atoms with Crippen LogP contribution in [-0.2, 0) is 0 Å². The highest BCUT2D eigenvalue weighted by Gasteiger charge is 2.21. The number of hydrogen-bond acceptors (Lipinski definition) is 2. The SMILES string of the molecule is C[C@H]1CCN(CCCC#N)[C@@H](C)C1. The molecule has 0 N–H and O–H groups in total. The van der Waals surface area contributed by atoms with Crippen molar-refractivity contribution in [2.45, 2.75) is 45.6 Å². The van der Waals surface area contributed by atoms with E-state index in [1.807, 2.05) is 0 Å². The zero-order chi connectivity index (χ0) is 9.68. The largest absolute Gasteiger partial charge is 0.301 e. The van der Waals surface area contributed by atoms with E-state index in [-0.39, 0.29) is 0 Å². The summed E-state index contributed by atoms with van der Waals surface area (Å²) in [6.07, 6.45) is 4.40. The first kappa shape index (κ1) is 10.5. The predicted molar refractivity (Wildman–Crippen MR) is 54.3 cm³/mol. The summed E-state index contributed by atoms with van der Waals surface area (Å²) >= 11 is 0. The molecule has 0 amide bonds. The van der Waals surface area contributed by atoms with Gasteiger partial charge in [0.2, 0.25) is 0 Å². The highest BCUT2D eigenvalue weighted by molar-refractivity contribution is 4.78. The average Bonchev–Trinajstić information content (AvgIpc) is 2.09. The van der Waals surface area contributed by atoms with E-state index in [1.54, 1.807) is 0 Å². The van der Waals surface area contributed by atoms with Gasteiger partial charge in [-0.3, -0.25) is 0 Å². The van der Waals surface area contributed by atoms with Crippen LogP contribution in [0.15, 0.2) is 0 Å². The van der Waals surface area contributed by atoms with Crippen molar-refractivity contribution in [1.82, 2.24) is 4.90 Å². The molecule has 1 saturated heterocycles. The molecule has 0 aromatic rings. The van der Waals surface area contributed by atoms with Crippen molar-refractivity contribution in [3.8, 4) is 6.07 Å². The van der Waals surface area contributed by atoms with Crippen molar-refractivity contribution in [1.29, 1.82) is 5.26 Å². The third-order valence-electron chi connectivity index (χ3n) is 3.01. The van der Waals surface area contributed by atoms with E-state index in [9.17, 15) is 0 Å². The molecule has 0 aliphatic carbocycles. The van der Waals surface area contributed by atoms with Crippen LogP contribution >= 0.6 is 0 Å². The standard InChI is InChI=1S/C11H20N2/c1-10-5-8-13(11(2)9-10)7-4-3-6-12/h10-11H,3-5,7-9H2,1-2H3/t10-,11-/m0/s1. The van der Waals surface area contributed by atoms with Gasteiger partial charge in [0.1, 0.15) is 0 Å². The summed E-state index contributed by atoms with van der Waals surface area (Å²) in [6, 6.07) is 2.93. The van der Waals surface area contributed by atoms with Gasteiger partial charge in [0.25, 0.3) is 0 Å². The van der Waals surface area contributed by atoms with Crippen LogP contribution in [-0.4, -0.2) is 24.0 Å². The molecule has 1 aliphatic rings. The van der Waals surface area contributed by atoms with Gasteiger partial charge in [0.15, 0.2) is 0 Å². The maximum atomic E-state index is 8.44. The van der Waals surface area contributed by atoms with Crippen LogP contribution in [0.3, 0.4) is 0 Å². The normalized spacial score (nSPS) is 29.9. The minimum Gasteiger partial charge on any atom is -0.301 e. The first-order valence-corrected chi connectivity index (χ1v) is 5.35. The van der Waals surface area contributed by atoms with E-state index in [4.69, 9.17) is 5.26 Å². The summed E-state index contributed by atoms with van der Waals surface area (Å²) in [7, 11) is 0. The maximum absolute atomic E-state index is 8.44. The number of likely N-dealkylation sites (tertiary alicyclic amines) is 1. The van der Waals surface area contributed by atoms with Gasteiger partial charge in [-0.25, -0.2) is 0 Å². The summed E-state index contributed by atoms with van der Waals surface area (Å²) in [5.41, 5.74) is 0. The van der Waals surface area contributed by atoms with Crippen LogP contribution in [0.25, 0.3) is 0 Å². The Morgan fingerprint density at radius 2 is 2.23 bits per heavy atom. The predicted octanol–water partition coefficient (Wildman–Crippen LogP) is 2.41. The van der Waals surface area contributed by atoms with Gasteiger partial charge in [0, 0.05) is 12.5 Å². The Kier molecular flexibility index (Phi) is 4.24. The smallest absolute Gasteiger partial charge is 0.0622 e. The Labute approximate surface area is 81.5 Å².